The third kappa shape index (κ3) is 17.0. The van der Waals surface area contributed by atoms with Gasteiger partial charge >= 0.3 is 0 Å². The number of aryl methyl sites for hydroxylation is 1. The second-order valence-electron chi connectivity index (χ2n) is 23.3. The number of nitrogens with two attached hydrogens (primary N) is 1. The lowest BCUT2D eigenvalue weighted by Gasteiger charge is -2.15. The number of phenolic OH excluding ortho intramolecular Hbond substituents is 4. The number of nitrogen functional groups attached to an aromatic ring is 1. The minimum absolute atomic E-state index is 0.0945. The van der Waals surface area contributed by atoms with Crippen LogP contribution in [0.3, 0.4) is 0 Å². The summed E-state index contributed by atoms with van der Waals surface area (Å²) in [7, 11) is -47.3. The lowest BCUT2D eigenvalue weighted by molar-refractivity contribution is 0.416. The van der Waals surface area contributed by atoms with Crippen molar-refractivity contribution in [3.05, 3.63) is 139 Å². The smallest absolute Gasteiger partial charge is 0.297 e. The van der Waals surface area contributed by atoms with Crippen LogP contribution in [0.5, 0.6) is 28.7 Å². The number of rotatable bonds is 22. The van der Waals surface area contributed by atoms with Crippen LogP contribution in [0.2, 0.25) is 0 Å². The molecule has 0 spiro atoms. The Morgan fingerprint density at radius 2 is 0.805 bits per heavy atom. The van der Waals surface area contributed by atoms with Crippen molar-refractivity contribution in [2.75, 3.05) is 18.2 Å². The summed E-state index contributed by atoms with van der Waals surface area (Å²) in [5.41, 5.74) is -2.66. The summed E-state index contributed by atoms with van der Waals surface area (Å²) in [5.74, 6) is -4.75. The standard InChI is InChI=1S/C60H44N12O32S9/c1-25-13-43(46(104-2)24-42(25)66-68-44-19-31(106(80,81)82)15-27-16-32(107(83,84)85)20-45(73)52(27)44)67-72-56-51(112(98,99)100)23-37-35(59(56)76)8-12-41(60(37)113(101,102)103)65-69-53-36-22-50(111(95,96)97)55(58(75)34(36)7-11-40(53)62-28-4-9-38(61)47(18-28)108(86,87)88)70-63-29-3-6-33-26(14-29)17-49(110(92,93)94)54(57(33)74)71-64-39-10-5-30(105(77,78)79)21-48(39)109(89,90)91/h3-24,62,73-76H,61H2,1-2H3,(H,77,78,79)(H,80,81,82)(H,83,84,85)(H,86,87,88)(H,89,90,91)(H,92,93,94)(H,95,96,97)(H,98,99,100)(H,101,102,103). The molecule has 16 N–H and O–H groups in total. The summed E-state index contributed by atoms with van der Waals surface area (Å²) in [6, 6.07) is 17.6. The zero-order chi connectivity index (χ0) is 83.3. The third-order valence-electron chi connectivity index (χ3n) is 15.9. The molecule has 0 bridgehead atoms. The van der Waals surface area contributed by atoms with Gasteiger partial charge in [0.15, 0.2) is 17.2 Å². The molecule has 0 aliphatic carbocycles. The normalized spacial score (nSPS) is 13.4. The van der Waals surface area contributed by atoms with Gasteiger partial charge in [0, 0.05) is 44.8 Å². The lowest BCUT2D eigenvalue weighted by Crippen LogP contribution is -2.04. The fourth-order valence-corrected chi connectivity index (χ4v) is 16.6. The van der Waals surface area contributed by atoms with Gasteiger partial charge in [-0.3, -0.25) is 41.0 Å². The molecule has 0 saturated carbocycles. The monoisotopic (exact) mass is 1730 g/mol. The van der Waals surface area contributed by atoms with Gasteiger partial charge in [-0.2, -0.15) is 86.0 Å². The zero-order valence-electron chi connectivity index (χ0n) is 55.5. The molecule has 0 heterocycles. The van der Waals surface area contributed by atoms with Crippen molar-refractivity contribution in [3.8, 4) is 28.7 Å². The minimum atomic E-state index is -5.82. The van der Waals surface area contributed by atoms with Crippen molar-refractivity contribution in [2.45, 2.75) is 51.0 Å². The van der Waals surface area contributed by atoms with Gasteiger partial charge in [0.25, 0.3) is 91.1 Å². The molecule has 0 unspecified atom stereocenters. The highest BCUT2D eigenvalue weighted by atomic mass is 32.3. The first-order valence-electron chi connectivity index (χ1n) is 29.7. The number of hydrogen-bond donors (Lipinski definition) is 15. The number of azo groups is 5. The average Bonchev–Trinajstić information content (AvgIpc) is 0.748. The Morgan fingerprint density at radius 3 is 1.36 bits per heavy atom. The molecule has 0 fully saturated rings. The van der Waals surface area contributed by atoms with Gasteiger partial charge in [0.05, 0.1) is 55.6 Å². The van der Waals surface area contributed by atoms with Gasteiger partial charge in [0.2, 0.25) is 0 Å². The highest BCUT2D eigenvalue weighted by molar-refractivity contribution is 7.88. The molecule has 590 valence electrons. The van der Waals surface area contributed by atoms with Crippen LogP contribution in [0.15, 0.2) is 229 Å². The van der Waals surface area contributed by atoms with Gasteiger partial charge in [-0.05, 0) is 145 Å². The Kier molecular flexibility index (Phi) is 21.2. The number of ether oxygens (including phenoxy) is 1. The van der Waals surface area contributed by atoms with Crippen molar-refractivity contribution in [3.63, 3.8) is 0 Å². The van der Waals surface area contributed by atoms with Crippen LogP contribution in [-0.2, 0) is 91.1 Å². The van der Waals surface area contributed by atoms with Crippen LogP contribution in [0, 0.1) is 6.92 Å². The summed E-state index contributed by atoms with van der Waals surface area (Å²) in [6.07, 6.45) is 0. The lowest BCUT2D eigenvalue weighted by atomic mass is 10.0. The van der Waals surface area contributed by atoms with Gasteiger partial charge in [-0.15, -0.1) is 40.9 Å². The summed E-state index contributed by atoms with van der Waals surface area (Å²) < 4.78 is 324. The van der Waals surface area contributed by atoms with E-state index >= 15 is 0 Å². The first-order valence-corrected chi connectivity index (χ1v) is 42.7. The molecule has 0 atom stereocenters. The number of anilines is 3. The van der Waals surface area contributed by atoms with E-state index in [1.807, 2.05) is 0 Å². The van der Waals surface area contributed by atoms with Crippen molar-refractivity contribution < 1.29 is 142 Å². The topological polar surface area (TPSA) is 741 Å². The minimum Gasteiger partial charge on any atom is -0.507 e. The van der Waals surface area contributed by atoms with Gasteiger partial charge in [-0.25, -0.2) is 0 Å². The number of aromatic hydroxyl groups is 4. The van der Waals surface area contributed by atoms with Crippen LogP contribution in [0.25, 0.3) is 43.1 Å². The van der Waals surface area contributed by atoms with Crippen LogP contribution < -0.4 is 15.8 Å². The van der Waals surface area contributed by atoms with E-state index in [4.69, 9.17) is 10.5 Å². The highest BCUT2D eigenvalue weighted by Crippen LogP contribution is 2.51. The number of benzene rings is 11. The fourth-order valence-electron chi connectivity index (χ4n) is 10.9. The quantitative estimate of drug-likeness (QED) is 0.0170. The molecule has 0 radical (unpaired) electrons. The second kappa shape index (κ2) is 29.1. The first-order chi connectivity index (χ1) is 52.1. The largest absolute Gasteiger partial charge is 0.507 e. The number of methoxy groups -OCH3 is 1. The van der Waals surface area contributed by atoms with Crippen molar-refractivity contribution in [1.82, 2.24) is 0 Å². The summed E-state index contributed by atoms with van der Waals surface area (Å²) in [4.78, 5) is -10.4. The highest BCUT2D eigenvalue weighted by Gasteiger charge is 2.32. The van der Waals surface area contributed by atoms with E-state index in [-0.39, 0.29) is 56.0 Å². The third-order valence-corrected chi connectivity index (χ3v) is 23.8. The Balaban J connectivity index is 1.01. The Bertz CT molecular complexity index is 7360. The summed E-state index contributed by atoms with van der Waals surface area (Å²) in [5, 5.41) is 82.9. The summed E-state index contributed by atoms with van der Waals surface area (Å²) >= 11 is 0. The van der Waals surface area contributed by atoms with Crippen molar-refractivity contribution >= 4 is 208 Å². The number of fused-ring (bicyclic) bond motifs is 4. The van der Waals surface area contributed by atoms with E-state index in [1.54, 1.807) is 0 Å². The predicted octanol–water partition coefficient (Wildman–Crippen LogP) is 12.1. The second-order valence-corrected chi connectivity index (χ2v) is 35.8. The maximum Gasteiger partial charge on any atom is 0.297 e. The number of nitrogens with zero attached hydrogens (tertiary/aromatic N) is 10. The Hall–Kier alpha value is -11.8. The number of hydrogen-bond acceptors (Lipinski definition) is 35. The van der Waals surface area contributed by atoms with E-state index < -0.39 is 237 Å². The van der Waals surface area contributed by atoms with Crippen LogP contribution >= 0.6 is 0 Å². The average molecular weight is 1730 g/mol. The van der Waals surface area contributed by atoms with Gasteiger partial charge in [-0.1, -0.05) is 0 Å². The van der Waals surface area contributed by atoms with Crippen molar-refractivity contribution in [1.29, 1.82) is 0 Å². The first kappa shape index (κ1) is 82.2. The summed E-state index contributed by atoms with van der Waals surface area (Å²) in [6.45, 7) is 1.37. The van der Waals surface area contributed by atoms with Crippen LogP contribution in [0.4, 0.5) is 73.9 Å². The van der Waals surface area contributed by atoms with E-state index in [0.717, 1.165) is 98.1 Å². The predicted molar refractivity (Wildman–Crippen MR) is 390 cm³/mol. The van der Waals surface area contributed by atoms with Gasteiger partial charge in [0.1, 0.15) is 80.7 Å². The molecule has 0 aliphatic heterocycles. The number of nitrogens with one attached hydrogen (secondary N) is 1. The molecule has 113 heavy (non-hydrogen) atoms. The Morgan fingerprint density at radius 1 is 0.336 bits per heavy atom. The molecule has 11 rings (SSSR count). The fraction of sp³-hybridized carbons (Fsp3) is 0.0333. The zero-order valence-corrected chi connectivity index (χ0v) is 62.8. The molecule has 53 heteroatoms. The molecule has 0 aromatic heterocycles. The Labute approximate surface area is 633 Å². The van der Waals surface area contributed by atoms with E-state index in [9.17, 15) is 137 Å². The molecule has 0 saturated heterocycles. The SMILES string of the molecule is COc1cc(N=Nc2cc(S(=O)(=O)O)cc3cc(S(=O)(=O)O)cc(O)c23)c(C)cc1N=Nc1c(S(=O)(=O)O)cc2c(S(=O)(=O)O)c(N=Nc3c(Nc4ccc(N)c(S(=O)(=O)O)c4)ccc4c(O)c(N=Nc5ccc6c(O)c(N=Nc7ccc(S(=O)(=O)O)cc7S(=O)(=O)O)c(S(=O)(=O)O)cc6c5)c(S(=O)(=O)O)cc34)ccc2c1O. The molecule has 0 amide bonds. The molecule has 11 aromatic rings. The van der Waals surface area contributed by atoms with E-state index in [2.05, 4.69) is 56.5 Å². The van der Waals surface area contributed by atoms with Crippen LogP contribution in [0.1, 0.15) is 5.56 Å². The molecular weight excluding hydrogens is 1690 g/mol. The molecule has 0 aliphatic rings. The molecule has 11 aromatic carbocycles. The molecular formula is C60H44N12O32S9. The van der Waals surface area contributed by atoms with Crippen LogP contribution in [-0.4, -0.2) is 144 Å². The van der Waals surface area contributed by atoms with Crippen molar-refractivity contribution in [2.24, 2.45) is 51.1 Å². The number of phenols is 4. The maximum absolute atomic E-state index is 13.6. The van der Waals surface area contributed by atoms with E-state index in [1.165, 1.54) is 6.92 Å². The maximum atomic E-state index is 13.6. The molecule has 44 nitrogen and oxygen atoms in total. The van der Waals surface area contributed by atoms with Gasteiger partial charge < -0.3 is 36.2 Å². The van der Waals surface area contributed by atoms with E-state index in [0.29, 0.717) is 36.4 Å².